The molecule has 0 aliphatic rings. The van der Waals surface area contributed by atoms with E-state index in [1.54, 1.807) is 24.4 Å². The number of nitrogens with zero attached hydrogens (tertiary/aromatic N) is 1. The molecule has 0 saturated heterocycles. The van der Waals surface area contributed by atoms with E-state index in [4.69, 9.17) is 5.11 Å². The summed E-state index contributed by atoms with van der Waals surface area (Å²) in [6.45, 7) is 0. The minimum atomic E-state index is -1.07. The third-order valence-electron chi connectivity index (χ3n) is 2.42. The number of amides is 1. The van der Waals surface area contributed by atoms with Gasteiger partial charge in [0.15, 0.2) is 0 Å². The summed E-state index contributed by atoms with van der Waals surface area (Å²) in [5, 5.41) is 11.6. The number of benzene rings is 1. The van der Waals surface area contributed by atoms with Crippen molar-refractivity contribution in [3.8, 4) is 0 Å². The molecule has 20 heavy (non-hydrogen) atoms. The molecule has 0 aliphatic heterocycles. The second-order valence-corrected chi connectivity index (χ2v) is 5.62. The van der Waals surface area contributed by atoms with E-state index in [2.05, 4.69) is 42.2 Å². The van der Waals surface area contributed by atoms with E-state index >= 15 is 0 Å². The number of pyridine rings is 1. The monoisotopic (exact) mass is 398 g/mol. The third-order valence-corrected chi connectivity index (χ3v) is 3.55. The molecule has 0 aliphatic carbocycles. The Labute approximate surface area is 131 Å². The first kappa shape index (κ1) is 14.7. The molecular formula is C13H8Br2N2O3. The molecule has 5 nitrogen and oxygen atoms in total. The summed E-state index contributed by atoms with van der Waals surface area (Å²) in [5.74, 6) is -1.44. The van der Waals surface area contributed by atoms with Crippen molar-refractivity contribution in [1.82, 2.24) is 4.98 Å². The lowest BCUT2D eigenvalue weighted by molar-refractivity contribution is 0.0695. The smallest absolute Gasteiger partial charge is 0.336 e. The first-order valence-electron chi connectivity index (χ1n) is 5.42. The zero-order valence-corrected chi connectivity index (χ0v) is 13.1. The molecule has 0 fully saturated rings. The van der Waals surface area contributed by atoms with E-state index in [1.807, 2.05) is 0 Å². The number of carboxylic acid groups (broad SMARTS) is 1. The Kier molecular flexibility index (Phi) is 4.51. The van der Waals surface area contributed by atoms with Crippen LogP contribution in [0.1, 0.15) is 20.7 Å². The Morgan fingerprint density at radius 3 is 2.55 bits per heavy atom. The molecule has 0 spiro atoms. The average Bonchev–Trinajstić information content (AvgIpc) is 2.40. The fourth-order valence-corrected chi connectivity index (χ4v) is 2.29. The van der Waals surface area contributed by atoms with Gasteiger partial charge in [0.2, 0.25) is 0 Å². The predicted octanol–water partition coefficient (Wildman–Crippen LogP) is 3.56. The van der Waals surface area contributed by atoms with E-state index in [9.17, 15) is 9.59 Å². The van der Waals surface area contributed by atoms with Crippen LogP contribution in [-0.4, -0.2) is 22.0 Å². The van der Waals surface area contributed by atoms with Gasteiger partial charge in [0.1, 0.15) is 0 Å². The normalized spacial score (nSPS) is 10.1. The highest BCUT2D eigenvalue weighted by Crippen LogP contribution is 2.21. The van der Waals surface area contributed by atoms with Crippen molar-refractivity contribution in [2.45, 2.75) is 0 Å². The van der Waals surface area contributed by atoms with Crippen LogP contribution in [0.15, 0.2) is 45.6 Å². The largest absolute Gasteiger partial charge is 0.478 e. The summed E-state index contributed by atoms with van der Waals surface area (Å²) < 4.78 is 1.14. The Bertz CT molecular complexity index is 689. The molecule has 0 unspecified atom stereocenters. The minimum absolute atomic E-state index is 0.0789. The van der Waals surface area contributed by atoms with Crippen LogP contribution in [0.5, 0.6) is 0 Å². The summed E-state index contributed by atoms with van der Waals surface area (Å²) in [4.78, 5) is 26.9. The zero-order chi connectivity index (χ0) is 14.7. The van der Waals surface area contributed by atoms with Gasteiger partial charge in [-0.2, -0.15) is 0 Å². The van der Waals surface area contributed by atoms with Gasteiger partial charge >= 0.3 is 5.97 Å². The molecule has 0 saturated carbocycles. The van der Waals surface area contributed by atoms with Gasteiger partial charge < -0.3 is 10.4 Å². The molecular weight excluding hydrogens is 392 g/mol. The van der Waals surface area contributed by atoms with Gasteiger partial charge in [-0.1, -0.05) is 0 Å². The third kappa shape index (κ3) is 3.43. The highest BCUT2D eigenvalue weighted by molar-refractivity contribution is 9.10. The van der Waals surface area contributed by atoms with E-state index in [1.165, 1.54) is 12.3 Å². The number of rotatable bonds is 3. The lowest BCUT2D eigenvalue weighted by Crippen LogP contribution is -2.12. The number of halogens is 2. The van der Waals surface area contributed by atoms with Crippen LogP contribution >= 0.6 is 31.9 Å². The quantitative estimate of drug-likeness (QED) is 0.826. The van der Waals surface area contributed by atoms with Crippen molar-refractivity contribution in [1.29, 1.82) is 0 Å². The number of carbonyl (C=O) groups is 2. The van der Waals surface area contributed by atoms with Gasteiger partial charge in [0.25, 0.3) is 5.91 Å². The Morgan fingerprint density at radius 2 is 1.90 bits per heavy atom. The van der Waals surface area contributed by atoms with Gasteiger partial charge in [0, 0.05) is 27.0 Å². The van der Waals surface area contributed by atoms with Crippen LogP contribution < -0.4 is 5.32 Å². The highest BCUT2D eigenvalue weighted by atomic mass is 79.9. The van der Waals surface area contributed by atoms with Gasteiger partial charge in [-0.15, -0.1) is 0 Å². The molecule has 102 valence electrons. The van der Waals surface area contributed by atoms with E-state index in [0.29, 0.717) is 20.2 Å². The molecule has 0 radical (unpaired) electrons. The molecule has 2 N–H and O–H groups in total. The molecule has 0 bridgehead atoms. The number of hydrogen-bond donors (Lipinski definition) is 2. The number of aromatic nitrogens is 1. The molecule has 7 heteroatoms. The van der Waals surface area contributed by atoms with E-state index in [0.717, 1.165) is 0 Å². The maximum atomic E-state index is 12.0. The van der Waals surface area contributed by atoms with Crippen molar-refractivity contribution in [3.63, 3.8) is 0 Å². The van der Waals surface area contributed by atoms with Gasteiger partial charge in [-0.25, -0.2) is 4.79 Å². The molecule has 0 atom stereocenters. The summed E-state index contributed by atoms with van der Waals surface area (Å²) in [6.07, 6.45) is 3.00. The molecule has 1 aromatic carbocycles. The predicted molar refractivity (Wildman–Crippen MR) is 81.0 cm³/mol. The maximum absolute atomic E-state index is 12.0. The Balaban J connectivity index is 2.24. The maximum Gasteiger partial charge on any atom is 0.336 e. The lowest BCUT2D eigenvalue weighted by atomic mass is 10.2. The first-order valence-corrected chi connectivity index (χ1v) is 7.00. The fraction of sp³-hybridized carbons (Fsp3) is 0. The number of aromatic carboxylic acids is 1. The Hall–Kier alpha value is -1.73. The molecule has 2 aromatic rings. The number of carbonyl (C=O) groups excluding carboxylic acids is 1. The van der Waals surface area contributed by atoms with Crippen LogP contribution in [0.4, 0.5) is 5.69 Å². The fourth-order valence-electron chi connectivity index (χ4n) is 1.51. The lowest BCUT2D eigenvalue weighted by Gasteiger charge is -2.07. The van der Waals surface area contributed by atoms with Crippen LogP contribution in [0.25, 0.3) is 0 Å². The van der Waals surface area contributed by atoms with Gasteiger partial charge in [-0.3, -0.25) is 9.78 Å². The summed E-state index contributed by atoms with van der Waals surface area (Å²) >= 11 is 6.37. The highest BCUT2D eigenvalue weighted by Gasteiger charge is 2.12. The molecule has 2 rings (SSSR count). The first-order chi connectivity index (χ1) is 9.47. The van der Waals surface area contributed by atoms with Crippen molar-refractivity contribution >= 4 is 49.4 Å². The standard InChI is InChI=1S/C13H8Br2N2O3/c14-8-3-7(5-16-6-8)12(18)17-9-1-2-11(15)10(4-9)13(19)20/h1-6H,(H,17,18)(H,19,20). The van der Waals surface area contributed by atoms with Crippen LogP contribution in [0.3, 0.4) is 0 Å². The summed E-state index contributed by atoms with van der Waals surface area (Å²) in [7, 11) is 0. The van der Waals surface area contributed by atoms with E-state index in [-0.39, 0.29) is 11.5 Å². The topological polar surface area (TPSA) is 79.3 Å². The van der Waals surface area contributed by atoms with E-state index < -0.39 is 5.97 Å². The SMILES string of the molecule is O=C(Nc1ccc(Br)c(C(=O)O)c1)c1cncc(Br)c1. The van der Waals surface area contributed by atoms with Crippen molar-refractivity contribution in [2.24, 2.45) is 0 Å². The summed E-state index contributed by atoms with van der Waals surface area (Å²) in [6, 6.07) is 6.19. The number of carboxylic acids is 1. The second kappa shape index (κ2) is 6.15. The minimum Gasteiger partial charge on any atom is -0.478 e. The van der Waals surface area contributed by atoms with Crippen LogP contribution in [0.2, 0.25) is 0 Å². The van der Waals surface area contributed by atoms with Crippen molar-refractivity contribution in [2.75, 3.05) is 5.32 Å². The van der Waals surface area contributed by atoms with Crippen LogP contribution in [-0.2, 0) is 0 Å². The number of hydrogen-bond acceptors (Lipinski definition) is 3. The summed E-state index contributed by atoms with van der Waals surface area (Å²) in [5.41, 5.74) is 0.852. The Morgan fingerprint density at radius 1 is 1.15 bits per heavy atom. The second-order valence-electron chi connectivity index (χ2n) is 3.85. The molecule has 1 aromatic heterocycles. The molecule has 1 amide bonds. The average molecular weight is 400 g/mol. The van der Waals surface area contributed by atoms with Gasteiger partial charge in [0.05, 0.1) is 11.1 Å². The number of anilines is 1. The molecule has 1 heterocycles. The van der Waals surface area contributed by atoms with Crippen LogP contribution in [0, 0.1) is 0 Å². The number of nitrogens with one attached hydrogen (secondary N) is 1. The zero-order valence-electron chi connectivity index (χ0n) is 9.93. The van der Waals surface area contributed by atoms with Crippen molar-refractivity contribution < 1.29 is 14.7 Å². The van der Waals surface area contributed by atoms with Crippen molar-refractivity contribution in [3.05, 3.63) is 56.7 Å². The van der Waals surface area contributed by atoms with Gasteiger partial charge in [-0.05, 0) is 56.1 Å².